The molecule has 6 heteroatoms. The largest absolute Gasteiger partial charge is 0.451 e. The molecule has 0 spiro atoms. The minimum absolute atomic E-state index is 0.158. The second kappa shape index (κ2) is 7.26. The van der Waals surface area contributed by atoms with Crippen LogP contribution in [0.25, 0.3) is 11.0 Å². The first-order chi connectivity index (χ1) is 10.7. The summed E-state index contributed by atoms with van der Waals surface area (Å²) in [4.78, 5) is 14.5. The molecular weight excluding hydrogens is 348 g/mol. The van der Waals surface area contributed by atoms with Crippen LogP contribution in [-0.2, 0) is 4.74 Å². The molecule has 5 nitrogen and oxygen atoms in total. The van der Waals surface area contributed by atoms with E-state index in [4.69, 9.17) is 9.15 Å². The molecule has 1 amide bonds. The fraction of sp³-hybridized carbons (Fsp3) is 0.438. The van der Waals surface area contributed by atoms with Crippen molar-refractivity contribution in [3.05, 3.63) is 34.5 Å². The lowest BCUT2D eigenvalue weighted by molar-refractivity contribution is 0.0374. The SMILES string of the molecule is O=C(NCCCN1CCOCC1)c1cc2cc(Br)ccc2o1. The van der Waals surface area contributed by atoms with E-state index >= 15 is 0 Å². The van der Waals surface area contributed by atoms with Crippen LogP contribution < -0.4 is 5.32 Å². The van der Waals surface area contributed by atoms with Gasteiger partial charge in [0.2, 0.25) is 0 Å². The number of morpholine rings is 1. The molecule has 0 bridgehead atoms. The fourth-order valence-corrected chi connectivity index (χ4v) is 2.92. The highest BCUT2D eigenvalue weighted by Crippen LogP contribution is 2.23. The summed E-state index contributed by atoms with van der Waals surface area (Å²) in [5.41, 5.74) is 0.724. The summed E-state index contributed by atoms with van der Waals surface area (Å²) in [6.45, 7) is 5.20. The van der Waals surface area contributed by atoms with Crippen molar-refractivity contribution in [2.75, 3.05) is 39.4 Å². The van der Waals surface area contributed by atoms with E-state index in [1.165, 1.54) is 0 Å². The number of fused-ring (bicyclic) bond motifs is 1. The van der Waals surface area contributed by atoms with Gasteiger partial charge in [-0.3, -0.25) is 9.69 Å². The van der Waals surface area contributed by atoms with E-state index in [-0.39, 0.29) is 5.91 Å². The highest BCUT2D eigenvalue weighted by molar-refractivity contribution is 9.10. The zero-order chi connectivity index (χ0) is 15.4. The molecule has 1 N–H and O–H groups in total. The molecular formula is C16H19BrN2O3. The predicted octanol–water partition coefficient (Wildman–Crippen LogP) is 2.65. The standard InChI is InChI=1S/C16H19BrN2O3/c17-13-2-3-14-12(10-13)11-15(22-14)16(20)18-4-1-5-19-6-8-21-9-7-19/h2-3,10-11H,1,4-9H2,(H,18,20). The Balaban J connectivity index is 1.48. The number of hydrogen-bond acceptors (Lipinski definition) is 4. The molecule has 1 aliphatic heterocycles. The van der Waals surface area contributed by atoms with Crippen LogP contribution in [0.1, 0.15) is 17.0 Å². The van der Waals surface area contributed by atoms with Gasteiger partial charge in [-0.1, -0.05) is 15.9 Å². The number of hydrogen-bond donors (Lipinski definition) is 1. The number of rotatable bonds is 5. The van der Waals surface area contributed by atoms with Crippen LogP contribution in [0.3, 0.4) is 0 Å². The first-order valence-corrected chi connectivity index (χ1v) is 8.29. The van der Waals surface area contributed by atoms with E-state index in [1.54, 1.807) is 6.07 Å². The summed E-state index contributed by atoms with van der Waals surface area (Å²) in [6, 6.07) is 7.47. The molecule has 1 aromatic carbocycles. The van der Waals surface area contributed by atoms with Gasteiger partial charge < -0.3 is 14.5 Å². The van der Waals surface area contributed by atoms with Crippen molar-refractivity contribution in [1.82, 2.24) is 10.2 Å². The number of nitrogens with zero attached hydrogens (tertiary/aromatic N) is 1. The summed E-state index contributed by atoms with van der Waals surface area (Å²) < 4.78 is 11.9. The first kappa shape index (κ1) is 15.5. The van der Waals surface area contributed by atoms with Crippen LogP contribution in [0.4, 0.5) is 0 Å². The Kier molecular flexibility index (Phi) is 5.12. The van der Waals surface area contributed by atoms with E-state index in [2.05, 4.69) is 26.1 Å². The van der Waals surface area contributed by atoms with Gasteiger partial charge >= 0.3 is 0 Å². The van der Waals surface area contributed by atoms with Gasteiger partial charge in [0.05, 0.1) is 13.2 Å². The molecule has 118 valence electrons. The van der Waals surface area contributed by atoms with Gasteiger partial charge in [0.15, 0.2) is 5.76 Å². The molecule has 0 atom stereocenters. The van der Waals surface area contributed by atoms with E-state index in [0.29, 0.717) is 12.3 Å². The molecule has 0 unspecified atom stereocenters. The smallest absolute Gasteiger partial charge is 0.287 e. The molecule has 0 radical (unpaired) electrons. The fourth-order valence-electron chi connectivity index (χ4n) is 2.54. The number of ether oxygens (including phenoxy) is 1. The van der Waals surface area contributed by atoms with Crippen molar-refractivity contribution >= 4 is 32.8 Å². The Labute approximate surface area is 137 Å². The van der Waals surface area contributed by atoms with Gasteiger partial charge in [-0.2, -0.15) is 0 Å². The summed E-state index contributed by atoms with van der Waals surface area (Å²) in [5, 5.41) is 3.84. The van der Waals surface area contributed by atoms with Crippen molar-refractivity contribution in [3.63, 3.8) is 0 Å². The Morgan fingerprint density at radius 1 is 1.27 bits per heavy atom. The van der Waals surface area contributed by atoms with Crippen LogP contribution in [-0.4, -0.2) is 50.2 Å². The lowest BCUT2D eigenvalue weighted by Gasteiger charge is -2.26. The van der Waals surface area contributed by atoms with Crippen molar-refractivity contribution in [2.24, 2.45) is 0 Å². The van der Waals surface area contributed by atoms with E-state index in [9.17, 15) is 4.79 Å². The monoisotopic (exact) mass is 366 g/mol. The first-order valence-electron chi connectivity index (χ1n) is 7.50. The Morgan fingerprint density at radius 2 is 2.09 bits per heavy atom. The van der Waals surface area contributed by atoms with E-state index in [0.717, 1.165) is 54.7 Å². The van der Waals surface area contributed by atoms with E-state index < -0.39 is 0 Å². The number of furan rings is 1. The minimum atomic E-state index is -0.158. The van der Waals surface area contributed by atoms with Crippen LogP contribution in [0, 0.1) is 0 Å². The number of amides is 1. The zero-order valence-corrected chi connectivity index (χ0v) is 13.9. The molecule has 1 fully saturated rings. The van der Waals surface area contributed by atoms with Crippen LogP contribution >= 0.6 is 15.9 Å². The van der Waals surface area contributed by atoms with Crippen molar-refractivity contribution < 1.29 is 13.9 Å². The van der Waals surface area contributed by atoms with Crippen LogP contribution in [0.15, 0.2) is 33.2 Å². The van der Waals surface area contributed by atoms with Gasteiger partial charge in [-0.25, -0.2) is 0 Å². The van der Waals surface area contributed by atoms with Crippen LogP contribution in [0.5, 0.6) is 0 Å². The Hall–Kier alpha value is -1.37. The van der Waals surface area contributed by atoms with Gasteiger partial charge in [0.25, 0.3) is 5.91 Å². The summed E-state index contributed by atoms with van der Waals surface area (Å²) in [7, 11) is 0. The second-order valence-corrected chi connectivity index (χ2v) is 6.27. The molecule has 2 heterocycles. The molecule has 0 saturated carbocycles. The Morgan fingerprint density at radius 3 is 2.91 bits per heavy atom. The number of nitrogens with one attached hydrogen (secondary N) is 1. The molecule has 1 saturated heterocycles. The highest BCUT2D eigenvalue weighted by atomic mass is 79.9. The predicted molar refractivity (Wildman–Crippen MR) is 88.1 cm³/mol. The number of carbonyl (C=O) groups is 1. The van der Waals surface area contributed by atoms with Crippen molar-refractivity contribution in [2.45, 2.75) is 6.42 Å². The van der Waals surface area contributed by atoms with E-state index in [1.807, 2.05) is 18.2 Å². The minimum Gasteiger partial charge on any atom is -0.451 e. The highest BCUT2D eigenvalue weighted by Gasteiger charge is 2.13. The van der Waals surface area contributed by atoms with Gasteiger partial charge in [-0.15, -0.1) is 0 Å². The third kappa shape index (κ3) is 3.88. The molecule has 0 aliphatic carbocycles. The van der Waals surface area contributed by atoms with Crippen molar-refractivity contribution in [1.29, 1.82) is 0 Å². The maximum atomic E-state index is 12.1. The number of benzene rings is 1. The summed E-state index contributed by atoms with van der Waals surface area (Å²) in [5.74, 6) is 0.203. The van der Waals surface area contributed by atoms with Gasteiger partial charge in [0.1, 0.15) is 5.58 Å². The number of halogens is 1. The number of carbonyl (C=O) groups excluding carboxylic acids is 1. The maximum Gasteiger partial charge on any atom is 0.287 e. The lowest BCUT2D eigenvalue weighted by atomic mass is 10.2. The summed E-state index contributed by atoms with van der Waals surface area (Å²) >= 11 is 3.41. The molecule has 1 aromatic heterocycles. The molecule has 22 heavy (non-hydrogen) atoms. The normalized spacial score (nSPS) is 16.0. The zero-order valence-electron chi connectivity index (χ0n) is 12.3. The quantitative estimate of drug-likeness (QED) is 0.826. The third-order valence-electron chi connectivity index (χ3n) is 3.74. The molecule has 2 aromatic rings. The molecule has 3 rings (SSSR count). The molecule has 1 aliphatic rings. The topological polar surface area (TPSA) is 54.7 Å². The Bertz CT molecular complexity index is 650. The lowest BCUT2D eigenvalue weighted by Crippen LogP contribution is -2.38. The average Bonchev–Trinajstić information content (AvgIpc) is 2.95. The third-order valence-corrected chi connectivity index (χ3v) is 4.24. The second-order valence-electron chi connectivity index (χ2n) is 5.36. The van der Waals surface area contributed by atoms with Gasteiger partial charge in [-0.05, 0) is 37.2 Å². The van der Waals surface area contributed by atoms with Gasteiger partial charge in [0, 0.05) is 29.5 Å². The van der Waals surface area contributed by atoms with Crippen molar-refractivity contribution in [3.8, 4) is 0 Å². The van der Waals surface area contributed by atoms with Crippen LogP contribution in [0.2, 0.25) is 0 Å². The maximum absolute atomic E-state index is 12.1. The summed E-state index contributed by atoms with van der Waals surface area (Å²) in [6.07, 6.45) is 0.928. The average molecular weight is 367 g/mol.